The fraction of sp³-hybridized carbons (Fsp3) is 0.355. The summed E-state index contributed by atoms with van der Waals surface area (Å²) in [6, 6.07) is 29.3. The Morgan fingerprint density at radius 3 is 1.75 bits per heavy atom. The quantitative estimate of drug-likeness (QED) is 0.278. The number of rotatable bonds is 8. The first kappa shape index (κ1) is 22.4. The first-order valence-electron chi connectivity index (χ1n) is 12.3. The Balaban J connectivity index is 1.76. The molecule has 1 N–H and O–H groups in total. The lowest BCUT2D eigenvalue weighted by molar-refractivity contribution is 0.435. The third-order valence-electron chi connectivity index (χ3n) is 8.02. The van der Waals surface area contributed by atoms with Crippen molar-refractivity contribution in [2.24, 2.45) is 0 Å². The fourth-order valence-electron chi connectivity index (χ4n) is 5.09. The van der Waals surface area contributed by atoms with Crippen LogP contribution in [0, 0.1) is 0 Å². The lowest BCUT2D eigenvalue weighted by atomic mass is 9.76. The summed E-state index contributed by atoms with van der Waals surface area (Å²) in [5, 5.41) is 9.16. The molecular weight excluding hydrogens is 386 g/mol. The number of hydrogen-bond donors (Lipinski definition) is 1. The minimum atomic E-state index is -0.0900. The van der Waals surface area contributed by atoms with E-state index in [0.29, 0.717) is 0 Å². The molecule has 4 aromatic carbocycles. The minimum Gasteiger partial charge on any atom is -0.375 e. The molecule has 166 valence electrons. The molecule has 0 aliphatic rings. The zero-order valence-electron chi connectivity index (χ0n) is 20.3. The van der Waals surface area contributed by atoms with E-state index < -0.39 is 0 Å². The standard InChI is InChI=1S/C31H37N/c1-6-30(5,7-2)26-17-19-27(20-18-26)31(8-3,9-4)32-29-16-12-15-25-21-23-13-10-11-14-24(23)22-28(25)29/h10-22,32H,6-9H2,1-5H3. The summed E-state index contributed by atoms with van der Waals surface area (Å²) in [7, 11) is 0. The number of benzene rings is 4. The van der Waals surface area contributed by atoms with E-state index in [1.54, 1.807) is 0 Å². The highest BCUT2D eigenvalue weighted by molar-refractivity contribution is 6.03. The Kier molecular flexibility index (Phi) is 6.29. The Morgan fingerprint density at radius 1 is 0.594 bits per heavy atom. The van der Waals surface area contributed by atoms with Crippen LogP contribution >= 0.6 is 0 Å². The van der Waals surface area contributed by atoms with E-state index in [-0.39, 0.29) is 11.0 Å². The number of fused-ring (bicyclic) bond motifs is 2. The van der Waals surface area contributed by atoms with Gasteiger partial charge in [0.25, 0.3) is 0 Å². The molecule has 1 nitrogen and oxygen atoms in total. The van der Waals surface area contributed by atoms with Crippen LogP contribution in [0.1, 0.15) is 71.4 Å². The Morgan fingerprint density at radius 2 is 1.16 bits per heavy atom. The maximum Gasteiger partial charge on any atom is 0.0620 e. The van der Waals surface area contributed by atoms with E-state index in [1.807, 2.05) is 0 Å². The molecule has 0 saturated carbocycles. The molecular formula is C31H37N. The second kappa shape index (κ2) is 8.98. The SMILES string of the molecule is CCC(C)(CC)c1ccc(C(CC)(CC)Nc2cccc3cc4ccccc4cc23)cc1. The average Bonchev–Trinajstić information content (AvgIpc) is 2.86. The molecule has 0 heterocycles. The zero-order chi connectivity index (χ0) is 22.8. The van der Waals surface area contributed by atoms with Crippen LogP contribution in [0.4, 0.5) is 5.69 Å². The van der Waals surface area contributed by atoms with Crippen molar-refractivity contribution in [3.8, 4) is 0 Å². The van der Waals surface area contributed by atoms with E-state index in [4.69, 9.17) is 0 Å². The van der Waals surface area contributed by atoms with Gasteiger partial charge in [0.2, 0.25) is 0 Å². The molecule has 0 aliphatic carbocycles. The van der Waals surface area contributed by atoms with Gasteiger partial charge in [-0.2, -0.15) is 0 Å². The van der Waals surface area contributed by atoms with Crippen molar-refractivity contribution in [2.75, 3.05) is 5.32 Å². The molecule has 0 aliphatic heterocycles. The van der Waals surface area contributed by atoms with Gasteiger partial charge in [-0.3, -0.25) is 0 Å². The second-order valence-corrected chi connectivity index (χ2v) is 9.49. The molecule has 0 spiro atoms. The van der Waals surface area contributed by atoms with Crippen molar-refractivity contribution in [1.82, 2.24) is 0 Å². The van der Waals surface area contributed by atoms with Gasteiger partial charge in [0, 0.05) is 11.1 Å². The molecule has 4 aromatic rings. The Bertz CT molecular complexity index is 1190. The van der Waals surface area contributed by atoms with E-state index in [0.717, 1.165) is 25.7 Å². The molecule has 0 atom stereocenters. The molecule has 0 unspecified atom stereocenters. The maximum absolute atomic E-state index is 4.00. The van der Waals surface area contributed by atoms with Gasteiger partial charge < -0.3 is 5.32 Å². The van der Waals surface area contributed by atoms with Gasteiger partial charge in [-0.15, -0.1) is 0 Å². The van der Waals surface area contributed by atoms with E-state index in [2.05, 4.69) is 119 Å². The molecule has 1 heteroatoms. The molecule has 0 aromatic heterocycles. The highest BCUT2D eigenvalue weighted by Gasteiger charge is 2.30. The number of hydrogen-bond acceptors (Lipinski definition) is 1. The zero-order valence-corrected chi connectivity index (χ0v) is 20.3. The van der Waals surface area contributed by atoms with Crippen LogP contribution in [-0.2, 0) is 11.0 Å². The third-order valence-corrected chi connectivity index (χ3v) is 8.02. The van der Waals surface area contributed by atoms with Crippen molar-refractivity contribution in [2.45, 2.75) is 71.3 Å². The fourth-order valence-corrected chi connectivity index (χ4v) is 5.09. The van der Waals surface area contributed by atoms with Crippen LogP contribution < -0.4 is 5.32 Å². The van der Waals surface area contributed by atoms with Gasteiger partial charge in [0.1, 0.15) is 0 Å². The van der Waals surface area contributed by atoms with Gasteiger partial charge in [0.05, 0.1) is 5.54 Å². The van der Waals surface area contributed by atoms with Crippen molar-refractivity contribution in [1.29, 1.82) is 0 Å². The summed E-state index contributed by atoms with van der Waals surface area (Å²) >= 11 is 0. The van der Waals surface area contributed by atoms with Crippen LogP contribution in [0.25, 0.3) is 21.5 Å². The van der Waals surface area contributed by atoms with E-state index in [9.17, 15) is 0 Å². The lowest BCUT2D eigenvalue weighted by Crippen LogP contribution is -2.34. The van der Waals surface area contributed by atoms with E-state index >= 15 is 0 Å². The van der Waals surface area contributed by atoms with Crippen LogP contribution in [0.3, 0.4) is 0 Å². The molecule has 0 saturated heterocycles. The first-order chi connectivity index (χ1) is 15.5. The largest absolute Gasteiger partial charge is 0.375 e. The predicted octanol–water partition coefficient (Wildman–Crippen LogP) is 9.20. The van der Waals surface area contributed by atoms with Crippen LogP contribution in [-0.4, -0.2) is 0 Å². The molecule has 32 heavy (non-hydrogen) atoms. The molecule has 0 radical (unpaired) electrons. The molecule has 4 rings (SSSR count). The Labute approximate surface area is 193 Å². The van der Waals surface area contributed by atoms with Gasteiger partial charge >= 0.3 is 0 Å². The van der Waals surface area contributed by atoms with E-state index in [1.165, 1.54) is 38.4 Å². The summed E-state index contributed by atoms with van der Waals surface area (Å²) in [6.07, 6.45) is 4.40. The van der Waals surface area contributed by atoms with Crippen molar-refractivity contribution < 1.29 is 0 Å². The molecule has 0 fully saturated rings. The summed E-state index contributed by atoms with van der Waals surface area (Å²) in [4.78, 5) is 0. The summed E-state index contributed by atoms with van der Waals surface area (Å²) in [5.41, 5.74) is 4.20. The molecule has 0 amide bonds. The number of anilines is 1. The van der Waals surface area contributed by atoms with Crippen LogP contribution in [0.2, 0.25) is 0 Å². The van der Waals surface area contributed by atoms with Crippen LogP contribution in [0.5, 0.6) is 0 Å². The highest BCUT2D eigenvalue weighted by Crippen LogP contribution is 2.38. The predicted molar refractivity (Wildman–Crippen MR) is 142 cm³/mol. The topological polar surface area (TPSA) is 12.0 Å². The highest BCUT2D eigenvalue weighted by atomic mass is 15.0. The van der Waals surface area contributed by atoms with Gasteiger partial charge in [-0.1, -0.05) is 95.3 Å². The summed E-state index contributed by atoms with van der Waals surface area (Å²) < 4.78 is 0. The Hall–Kier alpha value is -2.80. The summed E-state index contributed by atoms with van der Waals surface area (Å²) in [6.45, 7) is 11.6. The maximum atomic E-state index is 4.00. The van der Waals surface area contributed by atoms with Crippen molar-refractivity contribution in [3.05, 3.63) is 90.0 Å². The smallest absolute Gasteiger partial charge is 0.0620 e. The third kappa shape index (κ3) is 3.90. The number of nitrogens with one attached hydrogen (secondary N) is 1. The van der Waals surface area contributed by atoms with Gasteiger partial charge in [0.15, 0.2) is 0 Å². The van der Waals surface area contributed by atoms with Gasteiger partial charge in [-0.25, -0.2) is 0 Å². The second-order valence-electron chi connectivity index (χ2n) is 9.49. The lowest BCUT2D eigenvalue weighted by Gasteiger charge is -2.36. The molecule has 0 bridgehead atoms. The van der Waals surface area contributed by atoms with Crippen LogP contribution in [0.15, 0.2) is 78.9 Å². The average molecular weight is 424 g/mol. The van der Waals surface area contributed by atoms with Gasteiger partial charge in [-0.05, 0) is 76.6 Å². The van der Waals surface area contributed by atoms with Crippen molar-refractivity contribution >= 4 is 27.2 Å². The monoisotopic (exact) mass is 423 g/mol. The summed E-state index contributed by atoms with van der Waals surface area (Å²) in [5.74, 6) is 0. The first-order valence-corrected chi connectivity index (χ1v) is 12.3. The van der Waals surface area contributed by atoms with Crippen molar-refractivity contribution in [3.63, 3.8) is 0 Å². The normalized spacial score (nSPS) is 12.4. The minimum absolute atomic E-state index is 0.0900.